The van der Waals surface area contributed by atoms with Crippen molar-refractivity contribution in [2.24, 2.45) is 0 Å². The Balaban J connectivity index is 1.75. The number of carbonyl (C=O) groups is 1. The summed E-state index contributed by atoms with van der Waals surface area (Å²) in [6.07, 6.45) is 5.18. The molecule has 5 nitrogen and oxygen atoms in total. The van der Waals surface area contributed by atoms with Crippen LogP contribution in [0.4, 0.5) is 11.4 Å². The van der Waals surface area contributed by atoms with Gasteiger partial charge in [0.2, 0.25) is 0 Å². The second kappa shape index (κ2) is 8.06. The molecule has 0 fully saturated rings. The number of rotatable bonds is 6. The highest BCUT2D eigenvalue weighted by Gasteiger charge is 2.17. The number of hydrogen-bond donors (Lipinski definition) is 1. The summed E-state index contributed by atoms with van der Waals surface area (Å²) in [7, 11) is 0. The van der Waals surface area contributed by atoms with Gasteiger partial charge in [0.1, 0.15) is 5.69 Å². The number of nitrogens with one attached hydrogen (secondary N) is 1. The summed E-state index contributed by atoms with van der Waals surface area (Å²) >= 11 is 0. The maximum atomic E-state index is 12.8. The molecule has 0 saturated heterocycles. The van der Waals surface area contributed by atoms with E-state index in [-0.39, 0.29) is 5.91 Å². The number of benzene rings is 1. The summed E-state index contributed by atoms with van der Waals surface area (Å²) in [5, 5.41) is 3.31. The molecule has 25 heavy (non-hydrogen) atoms. The van der Waals surface area contributed by atoms with Gasteiger partial charge in [0.15, 0.2) is 0 Å². The van der Waals surface area contributed by atoms with Crippen molar-refractivity contribution in [2.75, 3.05) is 16.8 Å². The molecule has 2 aromatic heterocycles. The Labute approximate surface area is 147 Å². The first-order valence-electron chi connectivity index (χ1n) is 8.23. The molecule has 0 aliphatic carbocycles. The van der Waals surface area contributed by atoms with Crippen molar-refractivity contribution < 1.29 is 4.79 Å². The Bertz CT molecular complexity index is 821. The molecule has 0 spiro atoms. The second-order valence-electron chi connectivity index (χ2n) is 5.52. The number of nitrogens with zero attached hydrogens (tertiary/aromatic N) is 3. The Morgan fingerprint density at radius 2 is 1.80 bits per heavy atom. The molecule has 0 atom stereocenters. The predicted molar refractivity (Wildman–Crippen MR) is 99.6 cm³/mol. The maximum absolute atomic E-state index is 12.8. The minimum Gasteiger partial charge on any atom is -0.381 e. The van der Waals surface area contributed by atoms with Gasteiger partial charge >= 0.3 is 0 Å². The molecule has 0 saturated carbocycles. The van der Waals surface area contributed by atoms with Crippen LogP contribution in [-0.4, -0.2) is 22.4 Å². The molecular weight excluding hydrogens is 312 g/mol. The lowest BCUT2D eigenvalue weighted by Gasteiger charge is -2.20. The third-order valence-corrected chi connectivity index (χ3v) is 3.85. The van der Waals surface area contributed by atoms with Crippen molar-refractivity contribution >= 4 is 17.3 Å². The van der Waals surface area contributed by atoms with Crippen LogP contribution < -0.4 is 10.2 Å². The van der Waals surface area contributed by atoms with Crippen LogP contribution in [0.2, 0.25) is 0 Å². The van der Waals surface area contributed by atoms with Crippen molar-refractivity contribution in [1.29, 1.82) is 0 Å². The fraction of sp³-hybridized carbons (Fsp3) is 0.150. The van der Waals surface area contributed by atoms with E-state index >= 15 is 0 Å². The zero-order chi connectivity index (χ0) is 17.5. The molecule has 5 heteroatoms. The summed E-state index contributed by atoms with van der Waals surface area (Å²) in [6, 6.07) is 17.2. The van der Waals surface area contributed by atoms with E-state index in [1.165, 1.54) is 0 Å². The average Bonchev–Trinajstić information content (AvgIpc) is 2.69. The monoisotopic (exact) mass is 332 g/mol. The average molecular weight is 332 g/mol. The highest BCUT2D eigenvalue weighted by molar-refractivity contribution is 6.05. The number of aromatic nitrogens is 2. The van der Waals surface area contributed by atoms with Gasteiger partial charge in [0.05, 0.1) is 0 Å². The normalized spacial score (nSPS) is 10.3. The number of hydrogen-bond acceptors (Lipinski definition) is 4. The van der Waals surface area contributed by atoms with E-state index in [0.717, 1.165) is 16.9 Å². The number of para-hydroxylation sites is 1. The summed E-state index contributed by atoms with van der Waals surface area (Å²) in [4.78, 5) is 22.8. The molecule has 3 aromatic rings. The molecule has 126 valence electrons. The molecule has 3 rings (SSSR count). The van der Waals surface area contributed by atoms with Crippen molar-refractivity contribution in [3.8, 4) is 0 Å². The van der Waals surface area contributed by atoms with Crippen LogP contribution in [0, 0.1) is 0 Å². The lowest BCUT2D eigenvalue weighted by molar-refractivity contribution is 0.0983. The van der Waals surface area contributed by atoms with E-state index in [1.807, 2.05) is 55.5 Å². The van der Waals surface area contributed by atoms with Gasteiger partial charge in [-0.2, -0.15) is 0 Å². The number of anilines is 2. The third-order valence-electron chi connectivity index (χ3n) is 3.85. The minimum atomic E-state index is -0.110. The largest absolute Gasteiger partial charge is 0.381 e. The summed E-state index contributed by atoms with van der Waals surface area (Å²) in [5.74, 6) is -0.110. The standard InChI is InChI=1S/C20H20N4O/c1-2-24(18-6-4-3-5-7-18)20(25)19-14-17(10-13-22-19)23-15-16-8-11-21-12-9-16/h3-14H,2,15H2,1H3,(H,22,23). The molecule has 0 bridgehead atoms. The van der Waals surface area contributed by atoms with Crippen LogP contribution in [-0.2, 0) is 6.54 Å². The summed E-state index contributed by atoms with van der Waals surface area (Å²) in [6.45, 7) is 3.20. The molecular formula is C20H20N4O. The highest BCUT2D eigenvalue weighted by Crippen LogP contribution is 2.17. The lowest BCUT2D eigenvalue weighted by atomic mass is 10.2. The van der Waals surface area contributed by atoms with Crippen LogP contribution in [0.1, 0.15) is 23.0 Å². The molecule has 1 aromatic carbocycles. The number of amides is 1. The van der Waals surface area contributed by atoms with E-state index in [1.54, 1.807) is 29.6 Å². The zero-order valence-corrected chi connectivity index (χ0v) is 14.1. The Morgan fingerprint density at radius 1 is 1.04 bits per heavy atom. The predicted octanol–water partition coefficient (Wildman–Crippen LogP) is 3.76. The molecule has 1 N–H and O–H groups in total. The molecule has 0 aliphatic rings. The van der Waals surface area contributed by atoms with Gasteiger partial charge < -0.3 is 10.2 Å². The van der Waals surface area contributed by atoms with Crippen molar-refractivity contribution in [3.63, 3.8) is 0 Å². The van der Waals surface area contributed by atoms with Crippen LogP contribution >= 0.6 is 0 Å². The second-order valence-corrected chi connectivity index (χ2v) is 5.52. The first kappa shape index (κ1) is 16.6. The zero-order valence-electron chi connectivity index (χ0n) is 14.1. The Morgan fingerprint density at radius 3 is 2.52 bits per heavy atom. The Kier molecular flexibility index (Phi) is 5.36. The molecule has 0 aliphatic heterocycles. The first-order valence-corrected chi connectivity index (χ1v) is 8.23. The fourth-order valence-electron chi connectivity index (χ4n) is 2.55. The van der Waals surface area contributed by atoms with Gasteiger partial charge in [0, 0.05) is 43.1 Å². The van der Waals surface area contributed by atoms with Crippen LogP contribution in [0.5, 0.6) is 0 Å². The van der Waals surface area contributed by atoms with Crippen molar-refractivity contribution in [2.45, 2.75) is 13.5 Å². The first-order chi connectivity index (χ1) is 12.3. The van der Waals surface area contributed by atoms with E-state index in [4.69, 9.17) is 0 Å². The highest BCUT2D eigenvalue weighted by atomic mass is 16.2. The molecule has 1 amide bonds. The maximum Gasteiger partial charge on any atom is 0.276 e. The van der Waals surface area contributed by atoms with E-state index in [0.29, 0.717) is 18.8 Å². The number of pyridine rings is 2. The van der Waals surface area contributed by atoms with Gasteiger partial charge in [-0.25, -0.2) is 0 Å². The summed E-state index contributed by atoms with van der Waals surface area (Å²) < 4.78 is 0. The SMILES string of the molecule is CCN(C(=O)c1cc(NCc2ccncc2)ccn1)c1ccccc1. The molecule has 2 heterocycles. The van der Waals surface area contributed by atoms with Gasteiger partial charge in [-0.15, -0.1) is 0 Å². The van der Waals surface area contributed by atoms with E-state index < -0.39 is 0 Å². The van der Waals surface area contributed by atoms with Gasteiger partial charge in [-0.05, 0) is 48.9 Å². The van der Waals surface area contributed by atoms with Gasteiger partial charge in [0.25, 0.3) is 5.91 Å². The van der Waals surface area contributed by atoms with E-state index in [2.05, 4.69) is 15.3 Å². The topological polar surface area (TPSA) is 58.1 Å². The van der Waals surface area contributed by atoms with Crippen molar-refractivity contribution in [3.05, 3.63) is 84.4 Å². The molecule has 0 unspecified atom stereocenters. The van der Waals surface area contributed by atoms with Gasteiger partial charge in [-0.3, -0.25) is 14.8 Å². The smallest absolute Gasteiger partial charge is 0.276 e. The Hall–Kier alpha value is -3.21. The van der Waals surface area contributed by atoms with Gasteiger partial charge in [-0.1, -0.05) is 18.2 Å². The third kappa shape index (κ3) is 4.20. The van der Waals surface area contributed by atoms with Crippen LogP contribution in [0.25, 0.3) is 0 Å². The van der Waals surface area contributed by atoms with Crippen LogP contribution in [0.3, 0.4) is 0 Å². The molecule has 0 radical (unpaired) electrons. The van der Waals surface area contributed by atoms with Crippen molar-refractivity contribution in [1.82, 2.24) is 9.97 Å². The minimum absolute atomic E-state index is 0.110. The summed E-state index contributed by atoms with van der Waals surface area (Å²) in [5.41, 5.74) is 3.27. The quantitative estimate of drug-likeness (QED) is 0.747. The number of carbonyl (C=O) groups excluding carboxylic acids is 1. The lowest BCUT2D eigenvalue weighted by Crippen LogP contribution is -2.31. The van der Waals surface area contributed by atoms with Crippen LogP contribution in [0.15, 0.2) is 73.2 Å². The fourth-order valence-corrected chi connectivity index (χ4v) is 2.55. The van der Waals surface area contributed by atoms with E-state index in [9.17, 15) is 4.79 Å².